The third-order valence-electron chi connectivity index (χ3n) is 3.52. The van der Waals surface area contributed by atoms with Crippen LogP contribution >= 0.6 is 22.6 Å². The Kier molecular flexibility index (Phi) is 5.90. The summed E-state index contributed by atoms with van der Waals surface area (Å²) in [5, 5.41) is 0. The minimum Gasteiger partial charge on any atom is -0.490 e. The van der Waals surface area contributed by atoms with Crippen molar-refractivity contribution in [2.45, 2.75) is 13.8 Å². The van der Waals surface area contributed by atoms with Gasteiger partial charge in [0.1, 0.15) is 0 Å². The summed E-state index contributed by atoms with van der Waals surface area (Å²) in [5.74, 6) is 0.0455. The molecule has 0 aliphatic carbocycles. The topological polar surface area (TPSA) is 74.2 Å². The molecule has 0 spiro atoms. The van der Waals surface area contributed by atoms with Gasteiger partial charge in [0.2, 0.25) is 5.90 Å². The Hall–Kier alpha value is -2.68. The molecule has 138 valence electrons. The molecule has 27 heavy (non-hydrogen) atoms. The van der Waals surface area contributed by atoms with Crippen molar-refractivity contribution in [1.29, 1.82) is 0 Å². The van der Waals surface area contributed by atoms with Crippen molar-refractivity contribution in [2.75, 3.05) is 6.61 Å². The largest absolute Gasteiger partial charge is 0.490 e. The molecule has 0 bridgehead atoms. The Morgan fingerprint density at radius 1 is 1.22 bits per heavy atom. The van der Waals surface area contributed by atoms with Crippen LogP contribution in [0.2, 0.25) is 0 Å². The lowest BCUT2D eigenvalue weighted by molar-refractivity contribution is -0.132. The minimum atomic E-state index is -0.522. The number of nitrogens with zero attached hydrogens (tertiary/aromatic N) is 1. The summed E-state index contributed by atoms with van der Waals surface area (Å²) >= 11 is 2.18. The van der Waals surface area contributed by atoms with Crippen LogP contribution in [-0.4, -0.2) is 24.4 Å². The van der Waals surface area contributed by atoms with E-state index in [1.54, 1.807) is 24.3 Å². The molecule has 0 amide bonds. The standard InChI is InChI=1S/C20H16INO5/c1-3-25-18-10-13(7-8-17(18)26-12(2)23)9-16-20(24)27-19(22-16)14-5-4-6-15(21)11-14/h4-11H,3H2,1-2H3/b16-9-. The van der Waals surface area contributed by atoms with E-state index in [2.05, 4.69) is 27.6 Å². The molecule has 2 aromatic carbocycles. The van der Waals surface area contributed by atoms with E-state index in [0.29, 0.717) is 23.7 Å². The Morgan fingerprint density at radius 3 is 2.74 bits per heavy atom. The van der Waals surface area contributed by atoms with E-state index in [1.165, 1.54) is 6.92 Å². The zero-order valence-electron chi connectivity index (χ0n) is 14.7. The van der Waals surface area contributed by atoms with Crippen molar-refractivity contribution in [1.82, 2.24) is 0 Å². The number of ether oxygens (including phenoxy) is 3. The van der Waals surface area contributed by atoms with Crippen molar-refractivity contribution in [3.05, 3.63) is 62.9 Å². The number of esters is 2. The number of carbonyl (C=O) groups excluding carboxylic acids is 2. The Balaban J connectivity index is 1.92. The second-order valence-electron chi connectivity index (χ2n) is 5.58. The smallest absolute Gasteiger partial charge is 0.363 e. The van der Waals surface area contributed by atoms with Gasteiger partial charge in [-0.1, -0.05) is 12.1 Å². The molecule has 1 aliphatic rings. The van der Waals surface area contributed by atoms with E-state index in [0.717, 1.165) is 9.13 Å². The average molecular weight is 477 g/mol. The zero-order valence-corrected chi connectivity index (χ0v) is 16.8. The zero-order chi connectivity index (χ0) is 19.4. The fourth-order valence-corrected chi connectivity index (χ4v) is 2.98. The van der Waals surface area contributed by atoms with Crippen LogP contribution in [0.4, 0.5) is 0 Å². The highest BCUT2D eigenvalue weighted by Gasteiger charge is 2.24. The number of halogens is 1. The van der Waals surface area contributed by atoms with Gasteiger partial charge in [0.15, 0.2) is 17.2 Å². The molecule has 7 heteroatoms. The summed E-state index contributed by atoms with van der Waals surface area (Å²) in [6, 6.07) is 12.5. The molecule has 0 atom stereocenters. The molecule has 6 nitrogen and oxygen atoms in total. The van der Waals surface area contributed by atoms with Crippen LogP contribution in [-0.2, 0) is 14.3 Å². The maximum absolute atomic E-state index is 12.2. The number of rotatable bonds is 5. The van der Waals surface area contributed by atoms with Crippen molar-refractivity contribution in [2.24, 2.45) is 4.99 Å². The summed E-state index contributed by atoms with van der Waals surface area (Å²) in [6.45, 7) is 3.56. The van der Waals surface area contributed by atoms with Gasteiger partial charge in [-0.05, 0) is 71.5 Å². The van der Waals surface area contributed by atoms with Crippen LogP contribution in [0.15, 0.2) is 53.2 Å². The summed E-state index contributed by atoms with van der Waals surface area (Å²) in [7, 11) is 0. The Morgan fingerprint density at radius 2 is 2.04 bits per heavy atom. The minimum absolute atomic E-state index is 0.187. The molecular weight excluding hydrogens is 461 g/mol. The SMILES string of the molecule is CCOc1cc(/C=C2\N=C(c3cccc(I)c3)OC2=O)ccc1OC(C)=O. The number of aliphatic imine (C=N–C) groups is 1. The molecule has 0 aromatic heterocycles. The lowest BCUT2D eigenvalue weighted by atomic mass is 10.1. The number of hydrogen-bond acceptors (Lipinski definition) is 6. The first-order valence-electron chi connectivity index (χ1n) is 8.20. The maximum Gasteiger partial charge on any atom is 0.363 e. The summed E-state index contributed by atoms with van der Waals surface area (Å²) in [6.07, 6.45) is 1.60. The van der Waals surface area contributed by atoms with E-state index in [1.807, 2.05) is 31.2 Å². The third kappa shape index (κ3) is 4.73. The number of hydrogen-bond donors (Lipinski definition) is 0. The van der Waals surface area contributed by atoms with Gasteiger partial charge in [0.05, 0.1) is 6.61 Å². The average Bonchev–Trinajstić information content (AvgIpc) is 2.98. The van der Waals surface area contributed by atoms with E-state index >= 15 is 0 Å². The van der Waals surface area contributed by atoms with Gasteiger partial charge in [-0.25, -0.2) is 9.79 Å². The van der Waals surface area contributed by atoms with Crippen LogP contribution in [0.5, 0.6) is 11.5 Å². The van der Waals surface area contributed by atoms with Gasteiger partial charge >= 0.3 is 11.9 Å². The summed E-state index contributed by atoms with van der Waals surface area (Å²) in [5.41, 5.74) is 1.60. The van der Waals surface area contributed by atoms with E-state index in [4.69, 9.17) is 14.2 Å². The first-order valence-corrected chi connectivity index (χ1v) is 9.28. The molecule has 0 unspecified atom stereocenters. The normalized spacial score (nSPS) is 14.7. The van der Waals surface area contributed by atoms with Gasteiger partial charge in [-0.3, -0.25) is 4.79 Å². The molecule has 0 saturated carbocycles. The monoisotopic (exact) mass is 477 g/mol. The van der Waals surface area contributed by atoms with E-state index in [9.17, 15) is 9.59 Å². The number of carbonyl (C=O) groups is 2. The van der Waals surface area contributed by atoms with E-state index in [-0.39, 0.29) is 11.6 Å². The second-order valence-corrected chi connectivity index (χ2v) is 6.82. The van der Waals surface area contributed by atoms with E-state index < -0.39 is 11.9 Å². The third-order valence-corrected chi connectivity index (χ3v) is 4.19. The van der Waals surface area contributed by atoms with Crippen molar-refractivity contribution in [3.8, 4) is 11.5 Å². The molecular formula is C20H16INO5. The number of cyclic esters (lactones) is 1. The molecule has 0 saturated heterocycles. The Bertz CT molecular complexity index is 965. The predicted octanol–water partition coefficient (Wildman–Crippen LogP) is 3.96. The van der Waals surface area contributed by atoms with Crippen LogP contribution in [0, 0.1) is 3.57 Å². The highest BCUT2D eigenvalue weighted by atomic mass is 127. The highest BCUT2D eigenvalue weighted by Crippen LogP contribution is 2.30. The Labute approximate surface area is 170 Å². The summed E-state index contributed by atoms with van der Waals surface area (Å²) < 4.78 is 16.9. The van der Waals surface area contributed by atoms with Crippen LogP contribution in [0.25, 0.3) is 6.08 Å². The number of benzene rings is 2. The fourth-order valence-electron chi connectivity index (χ4n) is 2.43. The molecule has 1 heterocycles. The van der Waals surface area contributed by atoms with Crippen LogP contribution in [0.3, 0.4) is 0 Å². The summed E-state index contributed by atoms with van der Waals surface area (Å²) in [4.78, 5) is 27.7. The van der Waals surface area contributed by atoms with Gasteiger partial charge in [-0.15, -0.1) is 0 Å². The van der Waals surface area contributed by atoms with Crippen molar-refractivity contribution >= 4 is 46.5 Å². The lowest BCUT2D eigenvalue weighted by Crippen LogP contribution is -2.05. The van der Waals surface area contributed by atoms with Gasteiger partial charge in [0.25, 0.3) is 0 Å². The van der Waals surface area contributed by atoms with Crippen molar-refractivity contribution in [3.63, 3.8) is 0 Å². The van der Waals surface area contributed by atoms with Crippen molar-refractivity contribution < 1.29 is 23.8 Å². The molecule has 0 radical (unpaired) electrons. The maximum atomic E-state index is 12.2. The van der Waals surface area contributed by atoms with Crippen LogP contribution in [0.1, 0.15) is 25.0 Å². The molecule has 0 fully saturated rings. The lowest BCUT2D eigenvalue weighted by Gasteiger charge is -2.10. The molecule has 0 N–H and O–H groups in total. The van der Waals surface area contributed by atoms with Gasteiger partial charge in [-0.2, -0.15) is 0 Å². The molecule has 1 aliphatic heterocycles. The van der Waals surface area contributed by atoms with Gasteiger partial charge < -0.3 is 14.2 Å². The van der Waals surface area contributed by atoms with Crippen LogP contribution < -0.4 is 9.47 Å². The fraction of sp³-hybridized carbons (Fsp3) is 0.150. The highest BCUT2D eigenvalue weighted by molar-refractivity contribution is 14.1. The molecule has 2 aromatic rings. The van der Waals surface area contributed by atoms with Gasteiger partial charge in [0, 0.05) is 16.1 Å². The second kappa shape index (κ2) is 8.34. The first kappa shape index (κ1) is 19.1. The quantitative estimate of drug-likeness (QED) is 0.282. The molecule has 3 rings (SSSR count). The first-order chi connectivity index (χ1) is 13.0. The predicted molar refractivity (Wildman–Crippen MR) is 109 cm³/mol.